The number of furan rings is 2. The molecule has 0 saturated heterocycles. The second-order valence-corrected chi connectivity index (χ2v) is 19.9. The van der Waals surface area contributed by atoms with E-state index in [0.717, 1.165) is 105 Å². The molecule has 0 spiro atoms. The lowest BCUT2D eigenvalue weighted by molar-refractivity contribution is 0.669. The minimum atomic E-state index is -0.538. The highest BCUT2D eigenvalue weighted by molar-refractivity contribution is 6.11. The van der Waals surface area contributed by atoms with Crippen molar-refractivity contribution < 1.29 is 8.83 Å². The van der Waals surface area contributed by atoms with Crippen molar-refractivity contribution in [3.8, 4) is 55.6 Å². The summed E-state index contributed by atoms with van der Waals surface area (Å²) < 4.78 is 12.9. The van der Waals surface area contributed by atoms with Crippen LogP contribution in [0.3, 0.4) is 0 Å². The largest absolute Gasteiger partial charge is 0.455 e. The van der Waals surface area contributed by atoms with Gasteiger partial charge in [0.1, 0.15) is 22.3 Å². The lowest BCUT2D eigenvalue weighted by Gasteiger charge is -2.34. The van der Waals surface area contributed by atoms with Crippen molar-refractivity contribution in [3.63, 3.8) is 0 Å². The van der Waals surface area contributed by atoms with Crippen LogP contribution in [0.25, 0.3) is 99.5 Å². The number of hydrogen-bond donors (Lipinski definition) is 0. The van der Waals surface area contributed by atoms with Crippen LogP contribution in [0.1, 0.15) is 22.3 Å². The van der Waals surface area contributed by atoms with Gasteiger partial charge in [-0.2, -0.15) is 0 Å². The van der Waals surface area contributed by atoms with Crippen LogP contribution in [0.2, 0.25) is 0 Å². The van der Waals surface area contributed by atoms with Crippen molar-refractivity contribution in [3.05, 3.63) is 307 Å². The molecule has 14 aromatic rings. The summed E-state index contributed by atoms with van der Waals surface area (Å²) in [7, 11) is 0. The van der Waals surface area contributed by atoms with Crippen molar-refractivity contribution in [2.24, 2.45) is 0 Å². The summed E-state index contributed by atoms with van der Waals surface area (Å²) in [6, 6.07) is 103. The van der Waals surface area contributed by atoms with Crippen LogP contribution in [0, 0.1) is 0 Å². The van der Waals surface area contributed by atoms with Gasteiger partial charge in [-0.05, 0) is 110 Å². The fourth-order valence-corrected chi connectivity index (χ4v) is 12.4. The molecule has 0 fully saturated rings. The average molecular weight is 970 g/mol. The van der Waals surface area contributed by atoms with E-state index in [4.69, 9.17) is 8.83 Å². The van der Waals surface area contributed by atoms with E-state index in [1.165, 1.54) is 33.4 Å². The van der Waals surface area contributed by atoms with Gasteiger partial charge in [-0.1, -0.05) is 237 Å². The molecule has 0 aliphatic heterocycles. The van der Waals surface area contributed by atoms with Crippen LogP contribution in [-0.2, 0) is 5.41 Å². The second kappa shape index (κ2) is 17.6. The van der Waals surface area contributed by atoms with Gasteiger partial charge in [0.25, 0.3) is 0 Å². The number of anilines is 3. The number of fused-ring (bicyclic) bond motifs is 9. The standard InChI is InChI=1S/C73H47NO2/c1-3-19-54(20-4-1)73(55-21-5-2-6-22-55)65-30-10-7-25-64(65)70-66(73)31-16-32-67(70)74(56-43-39-49(40-44-56)48-35-37-51(38-36-48)58-26-14-28-62-60-23-8-11-33-68(60)75-71(58)62)57-45-41-50(42-46-57)52-17-13-18-53(47-52)59-27-15-29-63-61-24-9-12-34-69(61)76-72(59)63/h1-47H. The van der Waals surface area contributed by atoms with Gasteiger partial charge in [0.05, 0.1) is 11.1 Å². The van der Waals surface area contributed by atoms with Crippen LogP contribution < -0.4 is 4.90 Å². The molecule has 2 heterocycles. The molecule has 2 aromatic heterocycles. The maximum atomic E-state index is 6.49. The summed E-state index contributed by atoms with van der Waals surface area (Å²) in [6.45, 7) is 0. The van der Waals surface area contributed by atoms with Gasteiger partial charge in [0, 0.05) is 49.6 Å². The zero-order chi connectivity index (χ0) is 50.2. The van der Waals surface area contributed by atoms with Crippen molar-refractivity contribution in [1.82, 2.24) is 0 Å². The molecule has 0 N–H and O–H groups in total. The van der Waals surface area contributed by atoms with Gasteiger partial charge in [0.2, 0.25) is 0 Å². The molecule has 0 radical (unpaired) electrons. The fraction of sp³-hybridized carbons (Fsp3) is 0.0137. The van der Waals surface area contributed by atoms with Gasteiger partial charge in [-0.15, -0.1) is 0 Å². The molecule has 12 aromatic carbocycles. The van der Waals surface area contributed by atoms with E-state index in [1.54, 1.807) is 0 Å². The van der Waals surface area contributed by atoms with Crippen LogP contribution in [0.5, 0.6) is 0 Å². The van der Waals surface area contributed by atoms with Crippen molar-refractivity contribution in [2.75, 3.05) is 4.90 Å². The van der Waals surface area contributed by atoms with Gasteiger partial charge >= 0.3 is 0 Å². The van der Waals surface area contributed by atoms with Crippen molar-refractivity contribution in [2.45, 2.75) is 5.41 Å². The number of hydrogen-bond acceptors (Lipinski definition) is 3. The molecule has 1 aliphatic carbocycles. The van der Waals surface area contributed by atoms with Crippen LogP contribution in [0.4, 0.5) is 17.1 Å². The summed E-state index contributed by atoms with van der Waals surface area (Å²) in [5, 5.41) is 4.53. The van der Waals surface area contributed by atoms with E-state index >= 15 is 0 Å². The second-order valence-electron chi connectivity index (χ2n) is 19.9. The Balaban J connectivity index is 0.852. The highest BCUT2D eigenvalue weighted by Gasteiger charge is 2.47. The third kappa shape index (κ3) is 6.83. The Bertz CT molecular complexity index is 4450. The van der Waals surface area contributed by atoms with Gasteiger partial charge in [-0.25, -0.2) is 0 Å². The Kier molecular flexibility index (Phi) is 10.1. The van der Waals surface area contributed by atoms with Crippen molar-refractivity contribution >= 4 is 60.9 Å². The molecular weight excluding hydrogens is 923 g/mol. The quantitative estimate of drug-likeness (QED) is 0.144. The van der Waals surface area contributed by atoms with E-state index in [9.17, 15) is 0 Å². The van der Waals surface area contributed by atoms with Crippen LogP contribution in [-0.4, -0.2) is 0 Å². The minimum absolute atomic E-state index is 0.538. The van der Waals surface area contributed by atoms with Gasteiger partial charge in [-0.3, -0.25) is 0 Å². The van der Waals surface area contributed by atoms with Crippen LogP contribution in [0.15, 0.2) is 294 Å². The molecule has 15 rings (SSSR count). The smallest absolute Gasteiger partial charge is 0.143 e. The van der Waals surface area contributed by atoms with E-state index < -0.39 is 5.41 Å². The molecule has 0 amide bonds. The molecule has 0 unspecified atom stereocenters. The summed E-state index contributed by atoms with van der Waals surface area (Å²) in [5.74, 6) is 0. The third-order valence-corrected chi connectivity index (χ3v) is 15.8. The number of benzene rings is 12. The Hall–Kier alpha value is -9.96. The minimum Gasteiger partial charge on any atom is -0.455 e. The van der Waals surface area contributed by atoms with Gasteiger partial charge < -0.3 is 13.7 Å². The highest BCUT2D eigenvalue weighted by Crippen LogP contribution is 2.59. The maximum Gasteiger partial charge on any atom is 0.143 e. The summed E-state index contributed by atoms with van der Waals surface area (Å²) in [4.78, 5) is 2.45. The zero-order valence-corrected chi connectivity index (χ0v) is 41.4. The fourth-order valence-electron chi connectivity index (χ4n) is 12.4. The van der Waals surface area contributed by atoms with Crippen LogP contribution >= 0.6 is 0 Å². The first-order valence-electron chi connectivity index (χ1n) is 26.1. The molecule has 1 aliphatic rings. The monoisotopic (exact) mass is 969 g/mol. The number of rotatable bonds is 9. The first kappa shape index (κ1) is 43.6. The third-order valence-electron chi connectivity index (χ3n) is 15.8. The number of nitrogens with zero attached hydrogens (tertiary/aromatic N) is 1. The Morgan fingerprint density at radius 1 is 0.276 bits per heavy atom. The summed E-state index contributed by atoms with van der Waals surface area (Å²) in [6.07, 6.45) is 0. The predicted octanol–water partition coefficient (Wildman–Crippen LogP) is 20.0. The Morgan fingerprint density at radius 2 is 0.697 bits per heavy atom. The normalized spacial score (nSPS) is 12.6. The lowest BCUT2D eigenvalue weighted by Crippen LogP contribution is -2.28. The molecule has 0 saturated carbocycles. The Labute approximate surface area is 440 Å². The highest BCUT2D eigenvalue weighted by atomic mass is 16.3. The van der Waals surface area contributed by atoms with E-state index in [-0.39, 0.29) is 0 Å². The topological polar surface area (TPSA) is 29.5 Å². The predicted molar refractivity (Wildman–Crippen MR) is 315 cm³/mol. The molecule has 356 valence electrons. The molecular formula is C73H47NO2. The lowest BCUT2D eigenvalue weighted by atomic mass is 9.68. The van der Waals surface area contributed by atoms with E-state index in [0.29, 0.717) is 0 Å². The SMILES string of the molecule is c1ccc(C2(c3ccccc3)c3ccccc3-c3c(N(c4ccc(-c5ccc(-c6cccc7c6oc6ccccc67)cc5)cc4)c4ccc(-c5cccc(-c6cccc7c6oc6ccccc67)c5)cc4)cccc32)cc1. The molecule has 0 bridgehead atoms. The van der Waals surface area contributed by atoms with Gasteiger partial charge in [0.15, 0.2) is 0 Å². The zero-order valence-electron chi connectivity index (χ0n) is 41.4. The first-order valence-corrected chi connectivity index (χ1v) is 26.1. The summed E-state index contributed by atoms with van der Waals surface area (Å²) >= 11 is 0. The Morgan fingerprint density at radius 3 is 1.30 bits per heavy atom. The summed E-state index contributed by atoms with van der Waals surface area (Å²) in [5.41, 5.74) is 22.8. The average Bonchev–Trinajstić information content (AvgIpc) is 4.18. The molecule has 0 atom stereocenters. The molecule has 3 nitrogen and oxygen atoms in total. The number of para-hydroxylation sites is 4. The molecule has 3 heteroatoms. The van der Waals surface area contributed by atoms with E-state index in [2.05, 4.69) is 266 Å². The maximum absolute atomic E-state index is 6.49. The molecule has 76 heavy (non-hydrogen) atoms. The first-order chi connectivity index (χ1) is 37.7. The van der Waals surface area contributed by atoms with Crippen molar-refractivity contribution in [1.29, 1.82) is 0 Å². The van der Waals surface area contributed by atoms with E-state index in [1.807, 2.05) is 24.3 Å².